The molecule has 3 aromatic rings. The third kappa shape index (κ3) is 1.41. The van der Waals surface area contributed by atoms with E-state index in [1.54, 1.807) is 24.3 Å². The van der Waals surface area contributed by atoms with Gasteiger partial charge in [-0.3, -0.25) is 4.79 Å². The van der Waals surface area contributed by atoms with Crippen LogP contribution in [0.3, 0.4) is 0 Å². The zero-order valence-corrected chi connectivity index (χ0v) is 10.4. The van der Waals surface area contributed by atoms with Crippen LogP contribution in [-0.4, -0.2) is 15.3 Å². The van der Waals surface area contributed by atoms with Crippen molar-refractivity contribution in [2.24, 2.45) is 0 Å². The minimum Gasteiger partial charge on any atom is -0.456 e. The van der Waals surface area contributed by atoms with Crippen LogP contribution in [0.2, 0.25) is 0 Å². The smallest absolute Gasteiger partial charge is 0.272 e. The molecule has 0 atom stereocenters. The Hall–Kier alpha value is -2.66. The van der Waals surface area contributed by atoms with Crippen LogP contribution in [0.15, 0.2) is 41.2 Å². The number of nitrogens with one attached hydrogen (secondary N) is 1. The molecule has 0 spiro atoms. The van der Waals surface area contributed by atoms with E-state index < -0.39 is 0 Å². The van der Waals surface area contributed by atoms with E-state index in [0.29, 0.717) is 28.0 Å². The Bertz CT molecular complexity index is 899. The summed E-state index contributed by atoms with van der Waals surface area (Å²) in [5, 5.41) is 17.2. The van der Waals surface area contributed by atoms with Gasteiger partial charge in [0.1, 0.15) is 17.2 Å². The number of fused-ring (bicyclic) bond motifs is 2. The molecule has 20 heavy (non-hydrogen) atoms. The van der Waals surface area contributed by atoms with Gasteiger partial charge in [0, 0.05) is 5.56 Å². The molecule has 4 rings (SSSR count). The molecule has 0 radical (unpaired) electrons. The zero-order valence-electron chi connectivity index (χ0n) is 10.4. The fourth-order valence-electron chi connectivity index (χ4n) is 2.54. The van der Waals surface area contributed by atoms with E-state index in [1.807, 2.05) is 12.1 Å². The third-order valence-electron chi connectivity index (χ3n) is 3.48. The SMILES string of the molecule is O=c1[nH]nc2c3c(cccc13)Oc1ccc(CO)cc1-2. The molecule has 1 aromatic heterocycles. The number of benzene rings is 2. The van der Waals surface area contributed by atoms with Crippen molar-refractivity contribution < 1.29 is 9.84 Å². The van der Waals surface area contributed by atoms with Crippen molar-refractivity contribution in [3.63, 3.8) is 0 Å². The summed E-state index contributed by atoms with van der Waals surface area (Å²) in [6.07, 6.45) is 0. The highest BCUT2D eigenvalue weighted by molar-refractivity contribution is 6.01. The van der Waals surface area contributed by atoms with Crippen LogP contribution in [0.5, 0.6) is 11.5 Å². The van der Waals surface area contributed by atoms with E-state index >= 15 is 0 Å². The molecular formula is C15H10N2O3. The van der Waals surface area contributed by atoms with Gasteiger partial charge in [-0.05, 0) is 29.8 Å². The summed E-state index contributed by atoms with van der Waals surface area (Å²) in [7, 11) is 0. The van der Waals surface area contributed by atoms with E-state index in [9.17, 15) is 9.90 Å². The van der Waals surface area contributed by atoms with Gasteiger partial charge in [-0.15, -0.1) is 0 Å². The Morgan fingerprint density at radius 2 is 2.10 bits per heavy atom. The van der Waals surface area contributed by atoms with Crippen molar-refractivity contribution in [2.45, 2.75) is 6.61 Å². The molecule has 2 heterocycles. The average molecular weight is 266 g/mol. The first-order chi connectivity index (χ1) is 9.78. The first kappa shape index (κ1) is 11.2. The standard InChI is InChI=1S/C15H10N2O3/c18-7-8-4-5-11-10(6-8)14-13-9(15(19)17-16-14)2-1-3-12(13)20-11/h1-6,18H,7H2,(H,17,19). The van der Waals surface area contributed by atoms with Crippen LogP contribution >= 0.6 is 0 Å². The molecule has 0 saturated carbocycles. The highest BCUT2D eigenvalue weighted by atomic mass is 16.5. The number of aliphatic hydroxyl groups is 1. The molecule has 1 aliphatic rings. The van der Waals surface area contributed by atoms with Crippen molar-refractivity contribution in [1.29, 1.82) is 0 Å². The van der Waals surface area contributed by atoms with Crippen LogP contribution in [0.1, 0.15) is 5.56 Å². The fourth-order valence-corrected chi connectivity index (χ4v) is 2.54. The maximum atomic E-state index is 11.8. The molecule has 0 fully saturated rings. The van der Waals surface area contributed by atoms with E-state index in [-0.39, 0.29) is 12.2 Å². The normalized spacial score (nSPS) is 12.1. The number of aliphatic hydroxyl groups excluding tert-OH is 1. The Balaban J connectivity index is 2.15. The quantitative estimate of drug-likeness (QED) is 0.553. The molecule has 98 valence electrons. The lowest BCUT2D eigenvalue weighted by Gasteiger charge is -2.20. The lowest BCUT2D eigenvalue weighted by Crippen LogP contribution is -2.12. The lowest BCUT2D eigenvalue weighted by atomic mass is 9.99. The van der Waals surface area contributed by atoms with Crippen LogP contribution in [0, 0.1) is 0 Å². The molecule has 2 N–H and O–H groups in total. The Morgan fingerprint density at radius 3 is 2.95 bits per heavy atom. The largest absolute Gasteiger partial charge is 0.456 e. The molecule has 2 aromatic carbocycles. The number of rotatable bonds is 1. The minimum atomic E-state index is -0.240. The minimum absolute atomic E-state index is 0.0541. The summed E-state index contributed by atoms with van der Waals surface area (Å²) in [4.78, 5) is 11.8. The van der Waals surface area contributed by atoms with Crippen LogP contribution < -0.4 is 10.3 Å². The molecule has 0 aliphatic carbocycles. The number of H-pyrrole nitrogens is 1. The first-order valence-electron chi connectivity index (χ1n) is 6.21. The Kier molecular flexibility index (Phi) is 2.19. The number of hydrogen-bond acceptors (Lipinski definition) is 4. The van der Waals surface area contributed by atoms with Crippen molar-refractivity contribution in [3.05, 3.63) is 52.3 Å². The second-order valence-corrected chi connectivity index (χ2v) is 4.67. The summed E-state index contributed by atoms with van der Waals surface area (Å²) < 4.78 is 5.83. The van der Waals surface area contributed by atoms with Gasteiger partial charge in [0.25, 0.3) is 5.56 Å². The molecule has 1 aliphatic heterocycles. The fraction of sp³-hybridized carbons (Fsp3) is 0.0667. The van der Waals surface area contributed by atoms with Gasteiger partial charge in [-0.1, -0.05) is 12.1 Å². The van der Waals surface area contributed by atoms with E-state index in [2.05, 4.69) is 10.2 Å². The van der Waals surface area contributed by atoms with Gasteiger partial charge in [0.15, 0.2) is 0 Å². The maximum absolute atomic E-state index is 11.8. The van der Waals surface area contributed by atoms with Crippen molar-refractivity contribution >= 4 is 10.8 Å². The Labute approximate surface area is 113 Å². The molecule has 5 nitrogen and oxygen atoms in total. The number of nitrogens with zero attached hydrogens (tertiary/aromatic N) is 1. The highest BCUT2D eigenvalue weighted by Gasteiger charge is 2.22. The summed E-state index contributed by atoms with van der Waals surface area (Å²) in [6.45, 7) is -0.0541. The van der Waals surface area contributed by atoms with E-state index in [4.69, 9.17) is 4.74 Å². The first-order valence-corrected chi connectivity index (χ1v) is 6.21. The van der Waals surface area contributed by atoms with Gasteiger partial charge >= 0.3 is 0 Å². The molecule has 0 saturated heterocycles. The van der Waals surface area contributed by atoms with Gasteiger partial charge in [-0.25, -0.2) is 5.10 Å². The van der Waals surface area contributed by atoms with Crippen LogP contribution in [0.25, 0.3) is 22.0 Å². The lowest BCUT2D eigenvalue weighted by molar-refractivity contribution is 0.282. The average Bonchev–Trinajstić information content (AvgIpc) is 2.49. The van der Waals surface area contributed by atoms with Crippen molar-refractivity contribution in [1.82, 2.24) is 10.2 Å². The number of aromatic nitrogens is 2. The number of hydrogen-bond donors (Lipinski definition) is 2. The second-order valence-electron chi connectivity index (χ2n) is 4.67. The summed E-state index contributed by atoms with van der Waals surface area (Å²) in [5.41, 5.74) is 1.98. The highest BCUT2D eigenvalue weighted by Crippen LogP contribution is 2.44. The topological polar surface area (TPSA) is 75.2 Å². The summed E-state index contributed by atoms with van der Waals surface area (Å²) in [6, 6.07) is 10.8. The predicted octanol–water partition coefficient (Wildman–Crippen LogP) is 2.19. The van der Waals surface area contributed by atoms with Crippen LogP contribution in [-0.2, 0) is 6.61 Å². The molecule has 0 unspecified atom stereocenters. The van der Waals surface area contributed by atoms with E-state index in [1.165, 1.54) is 0 Å². The maximum Gasteiger partial charge on any atom is 0.272 e. The van der Waals surface area contributed by atoms with Gasteiger partial charge in [0.05, 0.1) is 17.4 Å². The Morgan fingerprint density at radius 1 is 1.20 bits per heavy atom. The van der Waals surface area contributed by atoms with Crippen molar-refractivity contribution in [3.8, 4) is 22.8 Å². The van der Waals surface area contributed by atoms with Gasteiger partial charge in [0.2, 0.25) is 0 Å². The molecular weight excluding hydrogens is 256 g/mol. The molecule has 5 heteroatoms. The monoisotopic (exact) mass is 266 g/mol. The van der Waals surface area contributed by atoms with Crippen molar-refractivity contribution in [2.75, 3.05) is 0 Å². The summed E-state index contributed by atoms with van der Waals surface area (Å²) >= 11 is 0. The van der Waals surface area contributed by atoms with Crippen LogP contribution in [0.4, 0.5) is 0 Å². The molecule has 0 amide bonds. The second kappa shape index (κ2) is 3.91. The van der Waals surface area contributed by atoms with E-state index in [0.717, 1.165) is 11.1 Å². The van der Waals surface area contributed by atoms with Gasteiger partial charge in [-0.2, -0.15) is 5.10 Å². The number of aromatic amines is 1. The zero-order chi connectivity index (χ0) is 13.7. The number of ether oxygens (including phenoxy) is 1. The molecule has 0 bridgehead atoms. The third-order valence-corrected chi connectivity index (χ3v) is 3.48. The summed E-state index contributed by atoms with van der Waals surface area (Å²) in [5.74, 6) is 1.29. The predicted molar refractivity (Wildman–Crippen MR) is 73.8 cm³/mol. The van der Waals surface area contributed by atoms with Gasteiger partial charge < -0.3 is 9.84 Å².